The zero-order valence-corrected chi connectivity index (χ0v) is 16.9. The van der Waals surface area contributed by atoms with Crippen molar-refractivity contribution >= 4 is 46.5 Å². The van der Waals surface area contributed by atoms with Crippen molar-refractivity contribution in [3.8, 4) is 0 Å². The number of hydrogen-bond donors (Lipinski definition) is 4. The molecule has 2 atom stereocenters. The van der Waals surface area contributed by atoms with Gasteiger partial charge in [0.25, 0.3) is 0 Å². The first kappa shape index (κ1) is 20.0. The van der Waals surface area contributed by atoms with Gasteiger partial charge < -0.3 is 21.5 Å². The molecular weight excluding hydrogens is 427 g/mol. The maximum atomic E-state index is 12.7. The first-order valence-electron chi connectivity index (χ1n) is 8.92. The van der Waals surface area contributed by atoms with E-state index in [0.29, 0.717) is 32.7 Å². The number of anilines is 2. The highest BCUT2D eigenvalue weighted by atomic mass is 35.5. The SMILES string of the molecule is NC(=O)C(c1ccccn1)C1(c2c(Cl)cccc2Cl)Nc2ccc(C(=O)O)cc2N1. The quantitative estimate of drug-likeness (QED) is 0.473. The van der Waals surface area contributed by atoms with E-state index in [1.807, 2.05) is 0 Å². The Balaban J connectivity index is 1.98. The lowest BCUT2D eigenvalue weighted by molar-refractivity contribution is -0.120. The Kier molecular flexibility index (Phi) is 5.01. The third-order valence-corrected chi connectivity index (χ3v) is 5.62. The molecule has 9 heteroatoms. The number of aromatic carboxylic acids is 1. The predicted molar refractivity (Wildman–Crippen MR) is 115 cm³/mol. The fourth-order valence-corrected chi connectivity index (χ4v) is 4.46. The third-order valence-electron chi connectivity index (χ3n) is 4.99. The van der Waals surface area contributed by atoms with Crippen molar-refractivity contribution in [2.24, 2.45) is 5.73 Å². The third kappa shape index (κ3) is 3.22. The molecule has 30 heavy (non-hydrogen) atoms. The van der Waals surface area contributed by atoms with Crippen molar-refractivity contribution in [1.29, 1.82) is 0 Å². The van der Waals surface area contributed by atoms with Crippen molar-refractivity contribution in [3.63, 3.8) is 0 Å². The number of benzene rings is 2. The average molecular weight is 443 g/mol. The molecule has 152 valence electrons. The molecule has 0 saturated heterocycles. The number of carbonyl (C=O) groups is 2. The van der Waals surface area contributed by atoms with E-state index >= 15 is 0 Å². The van der Waals surface area contributed by atoms with Gasteiger partial charge in [-0.25, -0.2) is 4.79 Å². The minimum atomic E-state index is -1.39. The van der Waals surface area contributed by atoms with Crippen molar-refractivity contribution in [2.75, 3.05) is 10.6 Å². The summed E-state index contributed by atoms with van der Waals surface area (Å²) in [6.07, 6.45) is 1.55. The number of nitrogens with one attached hydrogen (secondary N) is 2. The Bertz CT molecular complexity index is 1140. The predicted octanol–water partition coefficient (Wildman–Crippen LogP) is 4.05. The number of fused-ring (bicyclic) bond motifs is 1. The van der Waals surface area contributed by atoms with Crippen LogP contribution in [0.25, 0.3) is 0 Å². The molecule has 2 heterocycles. The lowest BCUT2D eigenvalue weighted by atomic mass is 9.82. The highest BCUT2D eigenvalue weighted by molar-refractivity contribution is 6.36. The first-order valence-corrected chi connectivity index (χ1v) is 9.67. The fraction of sp³-hybridized carbons (Fsp3) is 0.0952. The summed E-state index contributed by atoms with van der Waals surface area (Å²) < 4.78 is 0. The minimum Gasteiger partial charge on any atom is -0.478 e. The Hall–Kier alpha value is -3.29. The summed E-state index contributed by atoms with van der Waals surface area (Å²) in [6.45, 7) is 0. The van der Waals surface area contributed by atoms with Gasteiger partial charge in [-0.15, -0.1) is 0 Å². The number of carboxylic acid groups (broad SMARTS) is 1. The largest absolute Gasteiger partial charge is 0.478 e. The van der Waals surface area contributed by atoms with E-state index in [4.69, 9.17) is 28.9 Å². The van der Waals surface area contributed by atoms with Gasteiger partial charge in [-0.3, -0.25) is 9.78 Å². The fourth-order valence-electron chi connectivity index (χ4n) is 3.76. The molecule has 1 aliphatic heterocycles. The van der Waals surface area contributed by atoms with Crippen LogP contribution in [-0.4, -0.2) is 22.0 Å². The standard InChI is InChI=1S/C21H16Cl2N4O3/c22-12-4-3-5-13(23)17(12)21(18(19(24)28)15-6-1-2-9-25-15)26-14-8-7-11(20(29)30)10-16(14)27-21/h1-10,18,26-27H,(H2,24,28)(H,29,30). The van der Waals surface area contributed by atoms with E-state index in [1.54, 1.807) is 48.7 Å². The van der Waals surface area contributed by atoms with Crippen LogP contribution in [0.1, 0.15) is 27.5 Å². The van der Waals surface area contributed by atoms with Crippen molar-refractivity contribution in [3.05, 3.63) is 87.7 Å². The molecule has 0 bridgehead atoms. The second kappa shape index (κ2) is 7.51. The van der Waals surface area contributed by atoms with Gasteiger partial charge in [-0.05, 0) is 42.5 Å². The van der Waals surface area contributed by atoms with Crippen molar-refractivity contribution < 1.29 is 14.7 Å². The molecule has 4 rings (SSSR count). The number of primary amides is 1. The summed E-state index contributed by atoms with van der Waals surface area (Å²) in [7, 11) is 0. The Morgan fingerprint density at radius 1 is 1.00 bits per heavy atom. The van der Waals surface area contributed by atoms with Crippen LogP contribution in [0.3, 0.4) is 0 Å². The summed E-state index contributed by atoms with van der Waals surface area (Å²) in [4.78, 5) is 28.5. The van der Waals surface area contributed by atoms with Gasteiger partial charge in [0, 0.05) is 21.8 Å². The maximum Gasteiger partial charge on any atom is 0.335 e. The summed E-state index contributed by atoms with van der Waals surface area (Å²) in [5, 5.41) is 16.5. The first-order chi connectivity index (χ1) is 14.3. The van der Waals surface area contributed by atoms with Crippen LogP contribution in [0.2, 0.25) is 10.0 Å². The van der Waals surface area contributed by atoms with E-state index < -0.39 is 23.5 Å². The molecule has 2 unspecified atom stereocenters. The van der Waals surface area contributed by atoms with Gasteiger partial charge in [0.15, 0.2) is 5.66 Å². The van der Waals surface area contributed by atoms with Gasteiger partial charge in [0.1, 0.15) is 5.92 Å². The second-order valence-corrected chi connectivity index (χ2v) is 7.62. The number of pyridine rings is 1. The molecule has 0 saturated carbocycles. The van der Waals surface area contributed by atoms with Gasteiger partial charge in [0.2, 0.25) is 5.91 Å². The van der Waals surface area contributed by atoms with Crippen LogP contribution >= 0.6 is 23.2 Å². The summed E-state index contributed by atoms with van der Waals surface area (Å²) in [5.41, 5.74) is 6.36. The molecule has 0 aliphatic carbocycles. The lowest BCUT2D eigenvalue weighted by Crippen LogP contribution is -2.50. The topological polar surface area (TPSA) is 117 Å². The van der Waals surface area contributed by atoms with Crippen LogP contribution in [0.15, 0.2) is 60.8 Å². The zero-order valence-electron chi connectivity index (χ0n) is 15.4. The lowest BCUT2D eigenvalue weighted by Gasteiger charge is -2.38. The normalized spacial score (nSPS) is 18.1. The molecule has 1 aliphatic rings. The molecule has 5 N–H and O–H groups in total. The number of carbonyl (C=O) groups excluding carboxylic acids is 1. The molecule has 1 aromatic heterocycles. The van der Waals surface area contributed by atoms with Crippen LogP contribution in [0.5, 0.6) is 0 Å². The average Bonchev–Trinajstić information content (AvgIpc) is 3.06. The summed E-state index contributed by atoms with van der Waals surface area (Å²) in [6, 6.07) is 14.7. The highest BCUT2D eigenvalue weighted by Crippen LogP contribution is 2.50. The number of carboxylic acids is 1. The number of aromatic nitrogens is 1. The number of amides is 1. The molecule has 2 aromatic carbocycles. The summed E-state index contributed by atoms with van der Waals surface area (Å²) in [5.74, 6) is -2.78. The van der Waals surface area contributed by atoms with E-state index in [1.165, 1.54) is 12.1 Å². The molecule has 7 nitrogen and oxygen atoms in total. The summed E-state index contributed by atoms with van der Waals surface area (Å²) >= 11 is 13.1. The van der Waals surface area contributed by atoms with Gasteiger partial charge >= 0.3 is 5.97 Å². The van der Waals surface area contributed by atoms with Crippen LogP contribution in [0.4, 0.5) is 11.4 Å². The van der Waals surface area contributed by atoms with Gasteiger partial charge in [-0.2, -0.15) is 0 Å². The minimum absolute atomic E-state index is 0.0811. The smallest absolute Gasteiger partial charge is 0.335 e. The molecule has 1 amide bonds. The van der Waals surface area contributed by atoms with Gasteiger partial charge in [-0.1, -0.05) is 35.3 Å². The number of hydrogen-bond acceptors (Lipinski definition) is 5. The molecular formula is C21H16Cl2N4O3. The molecule has 0 spiro atoms. The number of rotatable bonds is 5. The second-order valence-electron chi connectivity index (χ2n) is 6.81. The van der Waals surface area contributed by atoms with Crippen molar-refractivity contribution in [1.82, 2.24) is 4.98 Å². The van der Waals surface area contributed by atoms with Crippen molar-refractivity contribution in [2.45, 2.75) is 11.6 Å². The maximum absolute atomic E-state index is 12.7. The zero-order chi connectivity index (χ0) is 21.5. The monoisotopic (exact) mass is 442 g/mol. The molecule has 3 aromatic rings. The van der Waals surface area contributed by atoms with Crippen LogP contribution in [0, 0.1) is 0 Å². The van der Waals surface area contributed by atoms with Crippen LogP contribution < -0.4 is 16.4 Å². The number of nitrogens with two attached hydrogens (primary N) is 1. The molecule has 0 radical (unpaired) electrons. The van der Waals surface area contributed by atoms with Crippen LogP contribution in [-0.2, 0) is 10.5 Å². The van der Waals surface area contributed by atoms with E-state index in [-0.39, 0.29) is 5.56 Å². The highest BCUT2D eigenvalue weighted by Gasteiger charge is 2.51. The van der Waals surface area contributed by atoms with E-state index in [0.717, 1.165) is 0 Å². The van der Waals surface area contributed by atoms with E-state index in [2.05, 4.69) is 15.6 Å². The van der Waals surface area contributed by atoms with E-state index in [9.17, 15) is 14.7 Å². The van der Waals surface area contributed by atoms with Gasteiger partial charge in [0.05, 0.1) is 22.6 Å². The number of nitrogens with zero attached hydrogens (tertiary/aromatic N) is 1. The Morgan fingerprint density at radius 2 is 1.70 bits per heavy atom. The Morgan fingerprint density at radius 3 is 2.30 bits per heavy atom. The number of halogens is 2. The molecule has 0 fully saturated rings. The Labute approximate surface area is 181 Å².